The molecule has 136 valence electrons. The Bertz CT molecular complexity index is 1010. The molecule has 0 unspecified atom stereocenters. The second kappa shape index (κ2) is 7.61. The molecule has 2 N–H and O–H groups in total. The molecular weight excluding hydrogens is 348 g/mol. The lowest BCUT2D eigenvalue weighted by Gasteiger charge is -2.10. The summed E-state index contributed by atoms with van der Waals surface area (Å²) in [6.07, 6.45) is 3.11. The summed E-state index contributed by atoms with van der Waals surface area (Å²) in [7, 11) is 0. The Morgan fingerprint density at radius 2 is 1.81 bits per heavy atom. The van der Waals surface area contributed by atoms with Crippen LogP contribution >= 0.6 is 0 Å². The van der Waals surface area contributed by atoms with Gasteiger partial charge in [0.05, 0.1) is 31.2 Å². The highest BCUT2D eigenvalue weighted by atomic mass is 16.5. The molecule has 1 amide bonds. The summed E-state index contributed by atoms with van der Waals surface area (Å²) in [6.45, 7) is 0.590. The zero-order valence-electron chi connectivity index (χ0n) is 14.2. The van der Waals surface area contributed by atoms with Gasteiger partial charge in [-0.3, -0.25) is 4.79 Å². The molecular formula is C19H16N4O4. The zero-order valence-corrected chi connectivity index (χ0v) is 14.2. The van der Waals surface area contributed by atoms with Crippen molar-refractivity contribution in [2.24, 2.45) is 0 Å². The first-order valence-corrected chi connectivity index (χ1v) is 8.29. The number of furan rings is 2. The van der Waals surface area contributed by atoms with E-state index in [0.717, 1.165) is 0 Å². The van der Waals surface area contributed by atoms with Crippen molar-refractivity contribution in [3.63, 3.8) is 0 Å². The van der Waals surface area contributed by atoms with Crippen molar-refractivity contribution in [3.05, 3.63) is 78.3 Å². The molecule has 0 bridgehead atoms. The van der Waals surface area contributed by atoms with Gasteiger partial charge in [-0.25, -0.2) is 0 Å². The van der Waals surface area contributed by atoms with Gasteiger partial charge >= 0.3 is 0 Å². The van der Waals surface area contributed by atoms with Crippen LogP contribution in [0.5, 0.6) is 0 Å². The Morgan fingerprint density at radius 1 is 0.963 bits per heavy atom. The molecule has 8 nitrogen and oxygen atoms in total. The van der Waals surface area contributed by atoms with Crippen molar-refractivity contribution in [1.29, 1.82) is 0 Å². The van der Waals surface area contributed by atoms with Gasteiger partial charge in [-0.2, -0.15) is 4.98 Å². The van der Waals surface area contributed by atoms with Crippen LogP contribution in [-0.4, -0.2) is 16.0 Å². The minimum absolute atomic E-state index is 0.212. The Labute approximate surface area is 154 Å². The highest BCUT2D eigenvalue weighted by Crippen LogP contribution is 2.18. The predicted molar refractivity (Wildman–Crippen MR) is 95.6 cm³/mol. The highest BCUT2D eigenvalue weighted by molar-refractivity contribution is 5.99. The van der Waals surface area contributed by atoms with E-state index < -0.39 is 0 Å². The first-order valence-electron chi connectivity index (χ1n) is 8.29. The number of hydrogen-bond acceptors (Lipinski definition) is 7. The number of hydrogen-bond donors (Lipinski definition) is 2. The molecule has 4 aromatic rings. The number of carbonyl (C=O) groups is 1. The van der Waals surface area contributed by atoms with E-state index in [0.29, 0.717) is 41.0 Å². The summed E-state index contributed by atoms with van der Waals surface area (Å²) in [5.74, 6) is 1.76. The van der Waals surface area contributed by atoms with Gasteiger partial charge in [0, 0.05) is 5.69 Å². The second-order valence-electron chi connectivity index (χ2n) is 5.65. The molecule has 0 aliphatic rings. The maximum absolute atomic E-state index is 12.5. The van der Waals surface area contributed by atoms with Gasteiger partial charge in [-0.1, -0.05) is 17.3 Å². The van der Waals surface area contributed by atoms with Crippen LogP contribution < -0.4 is 10.6 Å². The molecule has 27 heavy (non-hydrogen) atoms. The fourth-order valence-corrected chi connectivity index (χ4v) is 2.51. The molecule has 0 atom stereocenters. The first-order chi connectivity index (χ1) is 13.3. The molecule has 0 aliphatic carbocycles. The minimum Gasteiger partial charge on any atom is -0.467 e. The van der Waals surface area contributed by atoms with Gasteiger partial charge < -0.3 is 24.0 Å². The lowest BCUT2D eigenvalue weighted by Crippen LogP contribution is -2.23. The SMILES string of the molecule is O=C(NCc1ccco1)c1ccccc1NCc1nc(-c2ccco2)no1. The summed E-state index contributed by atoms with van der Waals surface area (Å²) < 4.78 is 15.7. The number of para-hydroxylation sites is 1. The molecule has 3 aromatic heterocycles. The normalized spacial score (nSPS) is 10.7. The van der Waals surface area contributed by atoms with Gasteiger partial charge in [0.15, 0.2) is 5.76 Å². The number of aromatic nitrogens is 2. The number of benzene rings is 1. The van der Waals surface area contributed by atoms with Crippen molar-refractivity contribution >= 4 is 11.6 Å². The summed E-state index contributed by atoms with van der Waals surface area (Å²) >= 11 is 0. The van der Waals surface area contributed by atoms with Crippen molar-refractivity contribution in [2.75, 3.05) is 5.32 Å². The van der Waals surface area contributed by atoms with Crippen LogP contribution in [0.15, 0.2) is 74.4 Å². The topological polar surface area (TPSA) is 106 Å². The van der Waals surface area contributed by atoms with Crippen LogP contribution in [0.4, 0.5) is 5.69 Å². The highest BCUT2D eigenvalue weighted by Gasteiger charge is 2.14. The summed E-state index contributed by atoms with van der Waals surface area (Å²) in [6, 6.07) is 14.3. The van der Waals surface area contributed by atoms with E-state index in [1.165, 1.54) is 0 Å². The zero-order chi connectivity index (χ0) is 18.5. The average Bonchev–Trinajstić information content (AvgIpc) is 3.47. The van der Waals surface area contributed by atoms with Gasteiger partial charge in [0.1, 0.15) is 5.76 Å². The van der Waals surface area contributed by atoms with Gasteiger partial charge in [0.2, 0.25) is 11.7 Å². The fourth-order valence-electron chi connectivity index (χ4n) is 2.51. The predicted octanol–water partition coefficient (Wildman–Crippen LogP) is 3.46. The van der Waals surface area contributed by atoms with Crippen LogP contribution in [0.3, 0.4) is 0 Å². The van der Waals surface area contributed by atoms with E-state index in [2.05, 4.69) is 20.8 Å². The number of amides is 1. The average molecular weight is 364 g/mol. The standard InChI is InChI=1S/C19H16N4O4/c24-19(21-11-13-5-3-9-25-13)14-6-1-2-7-15(14)20-12-17-22-18(23-27-17)16-8-4-10-26-16/h1-10,20H,11-12H2,(H,21,24). The first kappa shape index (κ1) is 16.6. The summed E-state index contributed by atoms with van der Waals surface area (Å²) in [5.41, 5.74) is 1.17. The lowest BCUT2D eigenvalue weighted by molar-refractivity contribution is 0.0949. The van der Waals surface area contributed by atoms with Gasteiger partial charge in [-0.05, 0) is 36.4 Å². The molecule has 0 spiro atoms. The van der Waals surface area contributed by atoms with E-state index in [9.17, 15) is 4.79 Å². The van der Waals surface area contributed by atoms with Crippen LogP contribution in [-0.2, 0) is 13.1 Å². The van der Waals surface area contributed by atoms with E-state index in [4.69, 9.17) is 13.4 Å². The van der Waals surface area contributed by atoms with Gasteiger partial charge in [-0.15, -0.1) is 0 Å². The third-order valence-electron chi connectivity index (χ3n) is 3.81. The molecule has 0 aliphatic heterocycles. The Hall–Kier alpha value is -3.81. The number of nitrogens with zero attached hydrogens (tertiary/aromatic N) is 2. The summed E-state index contributed by atoms with van der Waals surface area (Å²) in [5, 5.41) is 9.85. The maximum atomic E-state index is 12.5. The van der Waals surface area contributed by atoms with Crippen molar-refractivity contribution < 1.29 is 18.2 Å². The number of anilines is 1. The second-order valence-corrected chi connectivity index (χ2v) is 5.65. The third-order valence-corrected chi connectivity index (χ3v) is 3.81. The van der Waals surface area contributed by atoms with Crippen molar-refractivity contribution in [3.8, 4) is 11.6 Å². The molecule has 3 heterocycles. The largest absolute Gasteiger partial charge is 0.467 e. The Kier molecular flexibility index (Phi) is 4.69. The Balaban J connectivity index is 1.41. The van der Waals surface area contributed by atoms with Crippen LogP contribution in [0.1, 0.15) is 22.0 Å². The smallest absolute Gasteiger partial charge is 0.253 e. The molecule has 8 heteroatoms. The van der Waals surface area contributed by atoms with Crippen LogP contribution in [0, 0.1) is 0 Å². The minimum atomic E-state index is -0.212. The third kappa shape index (κ3) is 3.90. The van der Waals surface area contributed by atoms with Crippen LogP contribution in [0.25, 0.3) is 11.6 Å². The maximum Gasteiger partial charge on any atom is 0.253 e. The molecule has 0 fully saturated rings. The molecule has 0 saturated heterocycles. The number of rotatable bonds is 7. The van der Waals surface area contributed by atoms with Crippen molar-refractivity contribution in [1.82, 2.24) is 15.5 Å². The number of nitrogens with one attached hydrogen (secondary N) is 2. The van der Waals surface area contributed by atoms with E-state index in [1.54, 1.807) is 48.9 Å². The number of carbonyl (C=O) groups excluding carboxylic acids is 1. The van der Waals surface area contributed by atoms with Crippen LogP contribution in [0.2, 0.25) is 0 Å². The molecule has 1 aromatic carbocycles. The van der Waals surface area contributed by atoms with Gasteiger partial charge in [0.25, 0.3) is 5.91 Å². The van der Waals surface area contributed by atoms with E-state index >= 15 is 0 Å². The lowest BCUT2D eigenvalue weighted by atomic mass is 10.1. The van der Waals surface area contributed by atoms with E-state index in [-0.39, 0.29) is 12.5 Å². The summed E-state index contributed by atoms with van der Waals surface area (Å²) in [4.78, 5) is 16.7. The Morgan fingerprint density at radius 3 is 2.63 bits per heavy atom. The molecule has 0 saturated carbocycles. The van der Waals surface area contributed by atoms with E-state index in [1.807, 2.05) is 12.1 Å². The van der Waals surface area contributed by atoms with Crippen molar-refractivity contribution in [2.45, 2.75) is 13.1 Å². The fraction of sp³-hybridized carbons (Fsp3) is 0.105. The molecule has 4 rings (SSSR count). The molecule has 0 radical (unpaired) electrons. The monoisotopic (exact) mass is 364 g/mol. The quantitative estimate of drug-likeness (QED) is 0.517.